The highest BCUT2D eigenvalue weighted by Crippen LogP contribution is 2.20. The van der Waals surface area contributed by atoms with Crippen LogP contribution in [0.4, 0.5) is 0 Å². The molecule has 0 aromatic carbocycles. The van der Waals surface area contributed by atoms with Gasteiger partial charge in [0.15, 0.2) is 0 Å². The molecule has 3 heterocycles. The number of carbonyl (C=O) groups excluding carboxylic acids is 1. The molecule has 0 unspecified atom stereocenters. The molecule has 7 heteroatoms. The van der Waals surface area contributed by atoms with Crippen LogP contribution < -0.4 is 0 Å². The molecular weight excluding hydrogens is 270 g/mol. The number of aryl methyl sites for hydroxylation is 1. The first-order chi connectivity index (χ1) is 10.2. The van der Waals surface area contributed by atoms with Crippen LogP contribution in [0, 0.1) is 6.92 Å². The maximum Gasteiger partial charge on any atom is 0.274 e. The molecule has 0 N–H and O–H groups in total. The molecule has 0 bridgehead atoms. The Balaban J connectivity index is 1.74. The van der Waals surface area contributed by atoms with Gasteiger partial charge in [0.05, 0.1) is 36.9 Å². The monoisotopic (exact) mass is 285 g/mol. The number of rotatable bonds is 2. The summed E-state index contributed by atoms with van der Waals surface area (Å²) in [6, 6.07) is 0. The van der Waals surface area contributed by atoms with Crippen LogP contribution >= 0.6 is 0 Å². The molecule has 1 atom stereocenters. The lowest BCUT2D eigenvalue weighted by atomic mass is 10.2. The second-order valence-electron chi connectivity index (χ2n) is 4.78. The number of hydrogen-bond donors (Lipinski definition) is 0. The molecule has 0 saturated carbocycles. The first kappa shape index (κ1) is 13.6. The molecule has 2 aromatic heterocycles. The summed E-state index contributed by atoms with van der Waals surface area (Å²) in [5.41, 5.74) is 1.86. The van der Waals surface area contributed by atoms with Crippen LogP contribution in [0.5, 0.6) is 0 Å². The largest absolute Gasteiger partial charge is 0.368 e. The number of amides is 1. The van der Waals surface area contributed by atoms with Crippen LogP contribution in [-0.4, -0.2) is 50.4 Å². The van der Waals surface area contributed by atoms with Gasteiger partial charge in [-0.05, 0) is 6.92 Å². The van der Waals surface area contributed by atoms with Crippen LogP contribution in [0.3, 0.4) is 0 Å². The molecule has 1 aliphatic rings. The second-order valence-corrected chi connectivity index (χ2v) is 4.78. The Labute approximate surface area is 122 Å². The summed E-state index contributed by atoms with van der Waals surface area (Å²) >= 11 is 0. The summed E-state index contributed by atoms with van der Waals surface area (Å²) in [6.45, 7) is 3.27. The Bertz CT molecular complexity index is 617. The highest BCUT2D eigenvalue weighted by Gasteiger charge is 2.27. The molecular formula is C14H15N5O2. The van der Waals surface area contributed by atoms with E-state index in [1.807, 2.05) is 6.92 Å². The lowest BCUT2D eigenvalue weighted by Gasteiger charge is -2.32. The van der Waals surface area contributed by atoms with Gasteiger partial charge < -0.3 is 9.64 Å². The van der Waals surface area contributed by atoms with Crippen molar-refractivity contribution in [1.29, 1.82) is 0 Å². The average molecular weight is 285 g/mol. The van der Waals surface area contributed by atoms with E-state index in [9.17, 15) is 4.79 Å². The zero-order valence-corrected chi connectivity index (χ0v) is 11.6. The molecule has 108 valence electrons. The zero-order valence-electron chi connectivity index (χ0n) is 11.6. The summed E-state index contributed by atoms with van der Waals surface area (Å²) in [4.78, 5) is 30.6. The van der Waals surface area contributed by atoms with Gasteiger partial charge in [0.1, 0.15) is 11.8 Å². The van der Waals surface area contributed by atoms with Gasteiger partial charge in [-0.25, -0.2) is 4.98 Å². The Morgan fingerprint density at radius 3 is 2.86 bits per heavy atom. The lowest BCUT2D eigenvalue weighted by molar-refractivity contribution is -0.0251. The van der Waals surface area contributed by atoms with Crippen LogP contribution in [0.1, 0.15) is 28.0 Å². The third-order valence-corrected chi connectivity index (χ3v) is 3.27. The van der Waals surface area contributed by atoms with Gasteiger partial charge in [-0.3, -0.25) is 19.7 Å². The highest BCUT2D eigenvalue weighted by molar-refractivity contribution is 5.92. The van der Waals surface area contributed by atoms with E-state index in [0.717, 1.165) is 11.4 Å². The van der Waals surface area contributed by atoms with E-state index in [2.05, 4.69) is 19.9 Å². The quantitative estimate of drug-likeness (QED) is 0.811. The minimum atomic E-state index is -0.255. The predicted octanol–water partition coefficient (Wildman–Crippen LogP) is 0.789. The second kappa shape index (κ2) is 5.92. The Kier molecular flexibility index (Phi) is 3.83. The smallest absolute Gasteiger partial charge is 0.274 e. The van der Waals surface area contributed by atoms with Crippen molar-refractivity contribution in [3.63, 3.8) is 0 Å². The first-order valence-corrected chi connectivity index (χ1v) is 6.69. The van der Waals surface area contributed by atoms with Crippen LogP contribution in [0.15, 0.2) is 31.0 Å². The maximum absolute atomic E-state index is 12.4. The summed E-state index contributed by atoms with van der Waals surface area (Å²) in [5, 5.41) is 0. The van der Waals surface area contributed by atoms with Gasteiger partial charge in [-0.2, -0.15) is 0 Å². The molecule has 1 aliphatic heterocycles. The average Bonchev–Trinajstić information content (AvgIpc) is 2.56. The Hall–Kier alpha value is -2.41. The fourth-order valence-corrected chi connectivity index (χ4v) is 2.15. The van der Waals surface area contributed by atoms with Crippen LogP contribution in [0.2, 0.25) is 0 Å². The Morgan fingerprint density at radius 2 is 2.14 bits per heavy atom. The summed E-state index contributed by atoms with van der Waals surface area (Å²) < 4.78 is 5.67. The molecule has 1 saturated heterocycles. The van der Waals surface area contributed by atoms with Crippen molar-refractivity contribution in [2.24, 2.45) is 0 Å². The highest BCUT2D eigenvalue weighted by atomic mass is 16.5. The minimum absolute atomic E-state index is 0.139. The van der Waals surface area contributed by atoms with Crippen molar-refractivity contribution >= 4 is 5.91 Å². The Morgan fingerprint density at radius 1 is 1.24 bits per heavy atom. The fraction of sp³-hybridized carbons (Fsp3) is 0.357. The van der Waals surface area contributed by atoms with E-state index < -0.39 is 0 Å². The van der Waals surface area contributed by atoms with E-state index in [1.54, 1.807) is 29.7 Å². The topological polar surface area (TPSA) is 81.1 Å². The van der Waals surface area contributed by atoms with Crippen molar-refractivity contribution < 1.29 is 9.53 Å². The van der Waals surface area contributed by atoms with Gasteiger partial charge >= 0.3 is 0 Å². The van der Waals surface area contributed by atoms with Crippen molar-refractivity contribution in [2.75, 3.05) is 19.7 Å². The minimum Gasteiger partial charge on any atom is -0.368 e. The van der Waals surface area contributed by atoms with Crippen molar-refractivity contribution in [3.8, 4) is 0 Å². The first-order valence-electron chi connectivity index (χ1n) is 6.69. The molecule has 3 rings (SSSR count). The standard InChI is InChI=1S/C14H15N5O2/c1-10-6-18-12(8-17-10)14(20)19-4-5-21-13(9-19)11-7-15-2-3-16-11/h2-3,6-8,13H,4-5,9H2,1H3/t13-/m1/s1. The summed E-state index contributed by atoms with van der Waals surface area (Å²) in [5.74, 6) is -0.139. The third kappa shape index (κ3) is 3.03. The lowest BCUT2D eigenvalue weighted by Crippen LogP contribution is -2.42. The summed E-state index contributed by atoms with van der Waals surface area (Å²) in [7, 11) is 0. The van der Waals surface area contributed by atoms with Crippen molar-refractivity contribution in [1.82, 2.24) is 24.8 Å². The van der Waals surface area contributed by atoms with Gasteiger partial charge in [0.25, 0.3) is 5.91 Å². The van der Waals surface area contributed by atoms with Gasteiger partial charge in [-0.15, -0.1) is 0 Å². The van der Waals surface area contributed by atoms with Crippen molar-refractivity contribution in [3.05, 3.63) is 48.1 Å². The third-order valence-electron chi connectivity index (χ3n) is 3.27. The van der Waals surface area contributed by atoms with Gasteiger partial charge in [0.2, 0.25) is 0 Å². The molecule has 2 aromatic rings. The number of nitrogens with zero attached hydrogens (tertiary/aromatic N) is 5. The molecule has 0 spiro atoms. The van der Waals surface area contributed by atoms with Crippen LogP contribution in [-0.2, 0) is 4.74 Å². The number of ether oxygens (including phenoxy) is 1. The van der Waals surface area contributed by atoms with E-state index >= 15 is 0 Å². The number of carbonyl (C=O) groups is 1. The van der Waals surface area contributed by atoms with Crippen molar-refractivity contribution in [2.45, 2.75) is 13.0 Å². The molecule has 7 nitrogen and oxygen atoms in total. The number of aromatic nitrogens is 4. The van der Waals surface area contributed by atoms with E-state index in [1.165, 1.54) is 6.20 Å². The predicted molar refractivity (Wildman–Crippen MR) is 73.4 cm³/mol. The zero-order chi connectivity index (χ0) is 14.7. The number of morpholine rings is 1. The SMILES string of the molecule is Cc1cnc(C(=O)N2CCO[C@@H](c3cnccn3)C2)cn1. The number of hydrogen-bond acceptors (Lipinski definition) is 6. The summed E-state index contributed by atoms with van der Waals surface area (Å²) in [6.07, 6.45) is 7.72. The van der Waals surface area contributed by atoms with Crippen LogP contribution in [0.25, 0.3) is 0 Å². The van der Waals surface area contributed by atoms with E-state index in [-0.39, 0.29) is 12.0 Å². The molecule has 0 radical (unpaired) electrons. The van der Waals surface area contributed by atoms with E-state index in [4.69, 9.17) is 4.74 Å². The molecule has 0 aliphatic carbocycles. The van der Waals surface area contributed by atoms with Gasteiger partial charge in [-0.1, -0.05) is 0 Å². The normalized spacial score (nSPS) is 18.5. The maximum atomic E-state index is 12.4. The fourth-order valence-electron chi connectivity index (χ4n) is 2.15. The van der Waals surface area contributed by atoms with E-state index in [0.29, 0.717) is 25.4 Å². The molecule has 1 fully saturated rings. The molecule has 1 amide bonds. The van der Waals surface area contributed by atoms with Gasteiger partial charge in [0, 0.05) is 25.1 Å². The molecule has 21 heavy (non-hydrogen) atoms.